The van der Waals surface area contributed by atoms with E-state index in [2.05, 4.69) is 27.7 Å². The third-order valence-corrected chi connectivity index (χ3v) is 3.63. The number of hydrogen-bond donors (Lipinski definition) is 0. The van der Waals surface area contributed by atoms with E-state index in [4.69, 9.17) is 0 Å². The van der Waals surface area contributed by atoms with E-state index in [1.807, 2.05) is 0 Å². The van der Waals surface area contributed by atoms with Crippen LogP contribution in [-0.4, -0.2) is 6.29 Å². The Labute approximate surface area is 69.2 Å². The Kier molecular flexibility index (Phi) is 2.08. The van der Waals surface area contributed by atoms with Crippen LogP contribution in [0.15, 0.2) is 0 Å². The molecule has 0 aromatic carbocycles. The van der Waals surface area contributed by atoms with Gasteiger partial charge in [0.15, 0.2) is 0 Å². The molecule has 0 aliphatic heterocycles. The monoisotopic (exact) mass is 154 g/mol. The highest BCUT2D eigenvalue weighted by Crippen LogP contribution is 2.48. The number of carbonyl (C=O) groups is 1. The molecule has 1 aliphatic rings. The lowest BCUT2D eigenvalue weighted by atomic mass is 9.81. The third kappa shape index (κ3) is 1.33. The minimum Gasteiger partial charge on any atom is -0.303 e. The van der Waals surface area contributed by atoms with Gasteiger partial charge in [0.05, 0.1) is 0 Å². The predicted molar refractivity (Wildman–Crippen MR) is 46.3 cm³/mol. The van der Waals surface area contributed by atoms with E-state index in [0.29, 0.717) is 23.2 Å². The Morgan fingerprint density at radius 2 is 1.91 bits per heavy atom. The average Bonchev–Trinajstić information content (AvgIpc) is 2.13. The molecule has 3 atom stereocenters. The maximum absolute atomic E-state index is 10.7. The lowest BCUT2D eigenvalue weighted by Crippen LogP contribution is -2.17. The molecule has 0 saturated heterocycles. The molecule has 1 nitrogen and oxygen atoms in total. The van der Waals surface area contributed by atoms with Crippen LogP contribution in [0.25, 0.3) is 0 Å². The van der Waals surface area contributed by atoms with Gasteiger partial charge in [0, 0.05) is 5.92 Å². The minimum absolute atomic E-state index is 0.306. The summed E-state index contributed by atoms with van der Waals surface area (Å²) in [6, 6.07) is 0. The van der Waals surface area contributed by atoms with Gasteiger partial charge in [-0.1, -0.05) is 27.7 Å². The molecule has 0 radical (unpaired) electrons. The molecular weight excluding hydrogens is 136 g/mol. The van der Waals surface area contributed by atoms with Crippen molar-refractivity contribution >= 4 is 6.29 Å². The molecule has 1 saturated carbocycles. The molecule has 0 bridgehead atoms. The first-order valence-corrected chi connectivity index (χ1v) is 4.44. The van der Waals surface area contributed by atoms with E-state index in [0.717, 1.165) is 12.7 Å². The van der Waals surface area contributed by atoms with Crippen molar-refractivity contribution in [3.8, 4) is 0 Å². The average molecular weight is 154 g/mol. The van der Waals surface area contributed by atoms with Crippen molar-refractivity contribution in [3.05, 3.63) is 0 Å². The molecule has 1 rings (SSSR count). The second-order valence-electron chi connectivity index (χ2n) is 4.64. The first kappa shape index (κ1) is 8.76. The standard InChI is InChI=1S/C10H18O/c1-7-8(2)10(3,4)5-9(7)6-11/h6-9H,5H2,1-4H3/t7-,8-,9?/m1/s1. The van der Waals surface area contributed by atoms with Gasteiger partial charge in [0.1, 0.15) is 6.29 Å². The topological polar surface area (TPSA) is 17.1 Å². The van der Waals surface area contributed by atoms with Gasteiger partial charge in [-0.3, -0.25) is 0 Å². The van der Waals surface area contributed by atoms with Crippen LogP contribution in [0.3, 0.4) is 0 Å². The molecule has 1 unspecified atom stereocenters. The van der Waals surface area contributed by atoms with E-state index in [-0.39, 0.29) is 0 Å². The van der Waals surface area contributed by atoms with Crippen LogP contribution in [0.5, 0.6) is 0 Å². The second-order valence-corrected chi connectivity index (χ2v) is 4.64. The maximum atomic E-state index is 10.7. The van der Waals surface area contributed by atoms with Crippen molar-refractivity contribution in [1.29, 1.82) is 0 Å². The van der Waals surface area contributed by atoms with E-state index < -0.39 is 0 Å². The molecule has 0 heterocycles. The molecule has 0 aromatic rings. The summed E-state index contributed by atoms with van der Waals surface area (Å²) in [5, 5.41) is 0. The van der Waals surface area contributed by atoms with Crippen molar-refractivity contribution < 1.29 is 4.79 Å². The summed E-state index contributed by atoms with van der Waals surface area (Å²) in [4.78, 5) is 10.7. The Bertz CT molecular complexity index is 160. The summed E-state index contributed by atoms with van der Waals surface area (Å²) in [5.74, 6) is 1.56. The lowest BCUT2D eigenvalue weighted by molar-refractivity contribution is -0.112. The largest absolute Gasteiger partial charge is 0.303 e. The van der Waals surface area contributed by atoms with Crippen molar-refractivity contribution in [3.63, 3.8) is 0 Å². The number of rotatable bonds is 1. The van der Waals surface area contributed by atoms with Gasteiger partial charge >= 0.3 is 0 Å². The fraction of sp³-hybridized carbons (Fsp3) is 0.900. The van der Waals surface area contributed by atoms with Crippen LogP contribution >= 0.6 is 0 Å². The van der Waals surface area contributed by atoms with Gasteiger partial charge in [-0.2, -0.15) is 0 Å². The van der Waals surface area contributed by atoms with Gasteiger partial charge < -0.3 is 4.79 Å². The third-order valence-electron chi connectivity index (χ3n) is 3.63. The smallest absolute Gasteiger partial charge is 0.123 e. The first-order chi connectivity index (χ1) is 4.99. The van der Waals surface area contributed by atoms with Crippen LogP contribution in [-0.2, 0) is 4.79 Å². The molecular formula is C10H18O. The Morgan fingerprint density at radius 3 is 2.09 bits per heavy atom. The van der Waals surface area contributed by atoms with Gasteiger partial charge in [0.25, 0.3) is 0 Å². The first-order valence-electron chi connectivity index (χ1n) is 4.44. The van der Waals surface area contributed by atoms with Crippen LogP contribution < -0.4 is 0 Å². The summed E-state index contributed by atoms with van der Waals surface area (Å²) in [6.07, 6.45) is 2.20. The van der Waals surface area contributed by atoms with E-state index >= 15 is 0 Å². The Balaban J connectivity index is 2.76. The minimum atomic E-state index is 0.306. The number of carbonyl (C=O) groups excluding carboxylic acids is 1. The maximum Gasteiger partial charge on any atom is 0.123 e. The van der Waals surface area contributed by atoms with E-state index in [9.17, 15) is 4.79 Å². The van der Waals surface area contributed by atoms with Crippen LogP contribution in [0.1, 0.15) is 34.1 Å². The summed E-state index contributed by atoms with van der Waals surface area (Å²) in [7, 11) is 0. The SMILES string of the molecule is C[C@@H]1[C@@H](C)C(C=O)CC1(C)C. The summed E-state index contributed by atoms with van der Waals surface area (Å²) < 4.78 is 0. The summed E-state index contributed by atoms with van der Waals surface area (Å²) in [6.45, 7) is 8.97. The molecule has 0 spiro atoms. The van der Waals surface area contributed by atoms with E-state index in [1.165, 1.54) is 0 Å². The molecule has 1 heteroatoms. The Morgan fingerprint density at radius 1 is 1.36 bits per heavy atom. The van der Waals surface area contributed by atoms with Crippen molar-refractivity contribution in [2.75, 3.05) is 0 Å². The van der Waals surface area contributed by atoms with Gasteiger partial charge in [-0.15, -0.1) is 0 Å². The lowest BCUT2D eigenvalue weighted by Gasteiger charge is -2.24. The highest BCUT2D eigenvalue weighted by atomic mass is 16.1. The molecule has 0 amide bonds. The fourth-order valence-corrected chi connectivity index (χ4v) is 2.23. The van der Waals surface area contributed by atoms with Crippen LogP contribution in [0, 0.1) is 23.2 Å². The summed E-state index contributed by atoms with van der Waals surface area (Å²) >= 11 is 0. The zero-order chi connectivity index (χ0) is 8.65. The Hall–Kier alpha value is -0.330. The highest BCUT2D eigenvalue weighted by molar-refractivity contribution is 5.55. The quantitative estimate of drug-likeness (QED) is 0.530. The van der Waals surface area contributed by atoms with Gasteiger partial charge in [0.2, 0.25) is 0 Å². The molecule has 0 N–H and O–H groups in total. The second kappa shape index (κ2) is 2.62. The van der Waals surface area contributed by atoms with E-state index in [1.54, 1.807) is 0 Å². The zero-order valence-corrected chi connectivity index (χ0v) is 7.92. The van der Waals surface area contributed by atoms with Crippen molar-refractivity contribution in [2.45, 2.75) is 34.1 Å². The number of aldehydes is 1. The molecule has 0 aromatic heterocycles. The molecule has 64 valence electrons. The molecule has 1 aliphatic carbocycles. The van der Waals surface area contributed by atoms with Gasteiger partial charge in [-0.05, 0) is 23.7 Å². The zero-order valence-electron chi connectivity index (χ0n) is 7.92. The normalized spacial score (nSPS) is 42.4. The van der Waals surface area contributed by atoms with Crippen LogP contribution in [0.2, 0.25) is 0 Å². The fourth-order valence-electron chi connectivity index (χ4n) is 2.23. The van der Waals surface area contributed by atoms with Crippen molar-refractivity contribution in [1.82, 2.24) is 0 Å². The highest BCUT2D eigenvalue weighted by Gasteiger charge is 2.42. The van der Waals surface area contributed by atoms with Crippen LogP contribution in [0.4, 0.5) is 0 Å². The number of hydrogen-bond acceptors (Lipinski definition) is 1. The van der Waals surface area contributed by atoms with Crippen molar-refractivity contribution in [2.24, 2.45) is 23.2 Å². The van der Waals surface area contributed by atoms with Gasteiger partial charge in [-0.25, -0.2) is 0 Å². The predicted octanol–water partition coefficient (Wildman–Crippen LogP) is 2.50. The molecule has 11 heavy (non-hydrogen) atoms. The summed E-state index contributed by atoms with van der Waals surface area (Å²) in [5.41, 5.74) is 0.366. The molecule has 1 fully saturated rings.